The zero-order valence-corrected chi connectivity index (χ0v) is 22.0. The number of ether oxygens (including phenoxy) is 4. The molecule has 196 valence electrons. The fourth-order valence-corrected chi connectivity index (χ4v) is 2.55. The van der Waals surface area contributed by atoms with Crippen molar-refractivity contribution in [1.29, 1.82) is 0 Å². The van der Waals surface area contributed by atoms with Gasteiger partial charge in [0.1, 0.15) is 18.8 Å². The Morgan fingerprint density at radius 3 is 1.83 bits per heavy atom. The second-order valence-corrected chi connectivity index (χ2v) is 9.65. The molecule has 0 fully saturated rings. The van der Waals surface area contributed by atoms with Gasteiger partial charge in [0.25, 0.3) is 0 Å². The first-order chi connectivity index (χ1) is 16.2. The standard InChI is InChI=1S/C26H39NO8/c1-14(2)18(8)25(30)33-17(7)13-32-26(31)20(27)11-19-9-10-21(34-23(28)15(3)4)22(12-19)35-24(29)16(5)6/h9-10,12,14-18,20H,11,13,27H2,1-8H3/t17-,18?,20-/m0/s1. The first-order valence-corrected chi connectivity index (χ1v) is 11.9. The summed E-state index contributed by atoms with van der Waals surface area (Å²) in [6.45, 7) is 13.9. The normalized spacial score (nSPS) is 13.8. The van der Waals surface area contributed by atoms with Gasteiger partial charge in [0, 0.05) is 0 Å². The maximum Gasteiger partial charge on any atom is 0.323 e. The first-order valence-electron chi connectivity index (χ1n) is 11.9. The molecule has 2 N–H and O–H groups in total. The number of carbonyl (C=O) groups is 4. The van der Waals surface area contributed by atoms with E-state index in [9.17, 15) is 19.2 Å². The molecule has 0 aromatic heterocycles. The average molecular weight is 494 g/mol. The van der Waals surface area contributed by atoms with E-state index in [1.807, 2.05) is 13.8 Å². The van der Waals surface area contributed by atoms with Crippen LogP contribution < -0.4 is 15.2 Å². The van der Waals surface area contributed by atoms with E-state index < -0.39 is 36.0 Å². The Morgan fingerprint density at radius 2 is 1.31 bits per heavy atom. The molecule has 0 saturated heterocycles. The highest BCUT2D eigenvalue weighted by Gasteiger charge is 2.23. The highest BCUT2D eigenvalue weighted by Crippen LogP contribution is 2.30. The van der Waals surface area contributed by atoms with E-state index in [2.05, 4.69) is 0 Å². The fourth-order valence-electron chi connectivity index (χ4n) is 2.55. The summed E-state index contributed by atoms with van der Waals surface area (Å²) in [5.74, 6) is -2.73. The maximum atomic E-state index is 12.4. The molecule has 9 nitrogen and oxygen atoms in total. The van der Waals surface area contributed by atoms with Crippen LogP contribution in [-0.2, 0) is 35.1 Å². The number of nitrogens with two attached hydrogens (primary N) is 1. The molecule has 0 spiro atoms. The molecule has 0 radical (unpaired) electrons. The van der Waals surface area contributed by atoms with E-state index in [0.29, 0.717) is 5.56 Å². The molecule has 0 saturated carbocycles. The van der Waals surface area contributed by atoms with Crippen LogP contribution in [0.15, 0.2) is 18.2 Å². The number of rotatable bonds is 12. The molecule has 0 heterocycles. The molecule has 0 aliphatic carbocycles. The summed E-state index contributed by atoms with van der Waals surface area (Å²) in [4.78, 5) is 48.6. The van der Waals surface area contributed by atoms with Crippen LogP contribution >= 0.6 is 0 Å². The summed E-state index contributed by atoms with van der Waals surface area (Å²) in [5, 5.41) is 0. The van der Waals surface area contributed by atoms with Crippen molar-refractivity contribution in [3.63, 3.8) is 0 Å². The van der Waals surface area contributed by atoms with E-state index in [4.69, 9.17) is 24.7 Å². The zero-order valence-electron chi connectivity index (χ0n) is 22.0. The monoisotopic (exact) mass is 493 g/mol. The summed E-state index contributed by atoms with van der Waals surface area (Å²) < 4.78 is 21.3. The highest BCUT2D eigenvalue weighted by atomic mass is 16.6. The number of esters is 4. The summed E-state index contributed by atoms with van der Waals surface area (Å²) in [6, 6.07) is 3.62. The van der Waals surface area contributed by atoms with E-state index in [0.717, 1.165) is 0 Å². The van der Waals surface area contributed by atoms with Crippen molar-refractivity contribution in [2.24, 2.45) is 29.4 Å². The molecule has 1 aromatic carbocycles. The quantitative estimate of drug-likeness (QED) is 0.343. The van der Waals surface area contributed by atoms with Crippen LogP contribution in [0.5, 0.6) is 11.5 Å². The smallest absolute Gasteiger partial charge is 0.323 e. The van der Waals surface area contributed by atoms with E-state index in [1.54, 1.807) is 47.6 Å². The van der Waals surface area contributed by atoms with Crippen LogP contribution in [0.4, 0.5) is 0 Å². The highest BCUT2D eigenvalue weighted by molar-refractivity contribution is 5.78. The van der Waals surface area contributed by atoms with Crippen molar-refractivity contribution in [2.45, 2.75) is 74.0 Å². The fraction of sp³-hybridized carbons (Fsp3) is 0.615. The Balaban J connectivity index is 2.83. The number of hydrogen-bond acceptors (Lipinski definition) is 9. The summed E-state index contributed by atoms with van der Waals surface area (Å²) in [6.07, 6.45) is -0.529. The van der Waals surface area contributed by atoms with Crippen molar-refractivity contribution < 1.29 is 38.1 Å². The van der Waals surface area contributed by atoms with Gasteiger partial charge in [-0.05, 0) is 37.0 Å². The predicted octanol–water partition coefficient (Wildman–Crippen LogP) is 3.45. The zero-order chi connectivity index (χ0) is 26.9. The van der Waals surface area contributed by atoms with Gasteiger partial charge in [-0.2, -0.15) is 0 Å². The van der Waals surface area contributed by atoms with Crippen molar-refractivity contribution in [2.75, 3.05) is 6.61 Å². The third-order valence-electron chi connectivity index (χ3n) is 5.28. The molecular weight excluding hydrogens is 454 g/mol. The lowest BCUT2D eigenvalue weighted by atomic mass is 9.98. The Labute approximate surface area is 207 Å². The second kappa shape index (κ2) is 13.8. The van der Waals surface area contributed by atoms with E-state index in [-0.39, 0.29) is 48.2 Å². The Kier molecular flexibility index (Phi) is 11.9. The summed E-state index contributed by atoms with van der Waals surface area (Å²) in [5.41, 5.74) is 6.59. The molecule has 0 aliphatic rings. The molecule has 1 rings (SSSR count). The lowest BCUT2D eigenvalue weighted by molar-refractivity contribution is -0.162. The van der Waals surface area contributed by atoms with Crippen LogP contribution in [0.3, 0.4) is 0 Å². The number of benzene rings is 1. The molecule has 3 atom stereocenters. The predicted molar refractivity (Wildman–Crippen MR) is 130 cm³/mol. The van der Waals surface area contributed by atoms with Crippen LogP contribution in [0.2, 0.25) is 0 Å². The molecular formula is C26H39NO8. The lowest BCUT2D eigenvalue weighted by Crippen LogP contribution is -2.36. The van der Waals surface area contributed by atoms with Gasteiger partial charge in [0.05, 0.1) is 17.8 Å². The van der Waals surface area contributed by atoms with Crippen molar-refractivity contribution in [1.82, 2.24) is 0 Å². The molecule has 1 aromatic rings. The molecule has 0 bridgehead atoms. The van der Waals surface area contributed by atoms with Crippen LogP contribution in [0.1, 0.15) is 61.0 Å². The largest absolute Gasteiger partial charge is 0.461 e. The van der Waals surface area contributed by atoms with Gasteiger partial charge < -0.3 is 24.7 Å². The lowest BCUT2D eigenvalue weighted by Gasteiger charge is -2.20. The molecule has 9 heteroatoms. The molecule has 0 amide bonds. The minimum absolute atomic E-state index is 0.0653. The maximum absolute atomic E-state index is 12.4. The molecule has 1 unspecified atom stereocenters. The second-order valence-electron chi connectivity index (χ2n) is 9.65. The van der Waals surface area contributed by atoms with Gasteiger partial charge in [-0.3, -0.25) is 19.2 Å². The van der Waals surface area contributed by atoms with Gasteiger partial charge in [0.2, 0.25) is 0 Å². The third-order valence-corrected chi connectivity index (χ3v) is 5.28. The number of carbonyl (C=O) groups excluding carboxylic acids is 4. The van der Waals surface area contributed by atoms with Gasteiger partial charge in [0.15, 0.2) is 11.5 Å². The van der Waals surface area contributed by atoms with Gasteiger partial charge >= 0.3 is 23.9 Å². The minimum atomic E-state index is -1.01. The molecule has 0 aliphatic heterocycles. The third kappa shape index (κ3) is 10.1. The van der Waals surface area contributed by atoms with Gasteiger partial charge in [-0.25, -0.2) is 0 Å². The van der Waals surface area contributed by atoms with Gasteiger partial charge in [-0.1, -0.05) is 54.5 Å². The van der Waals surface area contributed by atoms with E-state index >= 15 is 0 Å². The topological polar surface area (TPSA) is 131 Å². The van der Waals surface area contributed by atoms with Crippen molar-refractivity contribution >= 4 is 23.9 Å². The first kappa shape index (κ1) is 30.1. The average Bonchev–Trinajstić information content (AvgIpc) is 2.77. The van der Waals surface area contributed by atoms with Crippen LogP contribution in [0.25, 0.3) is 0 Å². The van der Waals surface area contributed by atoms with Crippen molar-refractivity contribution in [3.8, 4) is 11.5 Å². The van der Waals surface area contributed by atoms with Crippen molar-refractivity contribution in [3.05, 3.63) is 23.8 Å². The van der Waals surface area contributed by atoms with Gasteiger partial charge in [-0.15, -0.1) is 0 Å². The summed E-state index contributed by atoms with van der Waals surface area (Å²) in [7, 11) is 0. The number of hydrogen-bond donors (Lipinski definition) is 1. The Bertz CT molecular complexity index is 893. The van der Waals surface area contributed by atoms with E-state index in [1.165, 1.54) is 12.1 Å². The Morgan fingerprint density at radius 1 is 0.771 bits per heavy atom. The SMILES string of the molecule is CC(C)C(=O)Oc1ccc(C[C@H](N)C(=O)OC[C@H](C)OC(=O)C(C)C(C)C)cc1OC(=O)C(C)C. The Hall–Kier alpha value is -2.94. The van der Waals surface area contributed by atoms with Crippen LogP contribution in [-0.4, -0.2) is 42.6 Å². The molecule has 35 heavy (non-hydrogen) atoms. The summed E-state index contributed by atoms with van der Waals surface area (Å²) >= 11 is 0. The minimum Gasteiger partial charge on any atom is -0.461 e. The van der Waals surface area contributed by atoms with Crippen LogP contribution in [0, 0.1) is 23.7 Å².